The van der Waals surface area contributed by atoms with Crippen LogP contribution >= 0.6 is 27.7 Å². The van der Waals surface area contributed by atoms with E-state index in [-0.39, 0.29) is 11.8 Å². The van der Waals surface area contributed by atoms with E-state index in [2.05, 4.69) is 20.9 Å². The highest BCUT2D eigenvalue weighted by Gasteiger charge is 2.44. The molecule has 4 aromatic rings. The molecule has 1 aromatic heterocycles. The van der Waals surface area contributed by atoms with Crippen molar-refractivity contribution in [1.82, 2.24) is 10.1 Å². The molecule has 3 aromatic carbocycles. The first-order chi connectivity index (χ1) is 17.5. The summed E-state index contributed by atoms with van der Waals surface area (Å²) in [6.45, 7) is 3.92. The van der Waals surface area contributed by atoms with E-state index in [1.54, 1.807) is 9.58 Å². The molecule has 0 N–H and O–H groups in total. The normalized spacial score (nSPS) is 14.2. The maximum absolute atomic E-state index is 13.2. The third-order valence-electron chi connectivity index (χ3n) is 5.82. The SMILES string of the molecule is CCSc1nc([O-])c2[n+](n1)C(c1ccc(OCc3ccccc3)c(Br)c1)N(C(C)=O)c1ccccc1-2. The van der Waals surface area contributed by atoms with Crippen molar-refractivity contribution in [2.24, 2.45) is 0 Å². The Kier molecular flexibility index (Phi) is 6.93. The zero-order valence-corrected chi connectivity index (χ0v) is 22.1. The van der Waals surface area contributed by atoms with Gasteiger partial charge in [-0.15, -0.1) is 0 Å². The van der Waals surface area contributed by atoms with Crippen molar-refractivity contribution in [3.05, 3.63) is 88.4 Å². The first kappa shape index (κ1) is 24.3. The number of aromatic nitrogens is 3. The zero-order chi connectivity index (χ0) is 25.2. The van der Waals surface area contributed by atoms with Gasteiger partial charge in [-0.2, -0.15) is 0 Å². The third-order valence-corrected chi connectivity index (χ3v) is 7.16. The van der Waals surface area contributed by atoms with Gasteiger partial charge in [0.1, 0.15) is 12.4 Å². The summed E-state index contributed by atoms with van der Waals surface area (Å²) in [5, 5.41) is 18.3. The van der Waals surface area contributed by atoms with Gasteiger partial charge in [-0.05, 0) is 57.6 Å². The first-order valence-corrected chi connectivity index (χ1v) is 13.2. The molecule has 36 heavy (non-hydrogen) atoms. The van der Waals surface area contributed by atoms with Crippen molar-refractivity contribution in [3.63, 3.8) is 0 Å². The number of para-hydroxylation sites is 1. The Morgan fingerprint density at radius 1 is 1.14 bits per heavy atom. The summed E-state index contributed by atoms with van der Waals surface area (Å²) in [6.07, 6.45) is -0.668. The van der Waals surface area contributed by atoms with Crippen LogP contribution in [0.3, 0.4) is 0 Å². The number of halogens is 1. The molecule has 182 valence electrons. The molecular formula is C27H23BrN4O3S. The van der Waals surface area contributed by atoms with E-state index in [1.165, 1.54) is 18.7 Å². The largest absolute Gasteiger partial charge is 0.854 e. The Morgan fingerprint density at radius 3 is 2.61 bits per heavy atom. The molecule has 2 heterocycles. The fourth-order valence-corrected chi connectivity index (χ4v) is 5.36. The number of amides is 1. The van der Waals surface area contributed by atoms with Crippen molar-refractivity contribution in [1.29, 1.82) is 0 Å². The number of carbonyl (C=O) groups is 1. The number of carbonyl (C=O) groups excluding carboxylic acids is 1. The van der Waals surface area contributed by atoms with Crippen LogP contribution in [0.4, 0.5) is 5.69 Å². The maximum atomic E-state index is 13.2. The zero-order valence-electron chi connectivity index (χ0n) is 19.7. The Labute approximate surface area is 221 Å². The van der Waals surface area contributed by atoms with Crippen LogP contribution in [0, 0.1) is 0 Å². The van der Waals surface area contributed by atoms with Crippen LogP contribution in [-0.4, -0.2) is 21.7 Å². The summed E-state index contributed by atoms with van der Waals surface area (Å²) in [4.78, 5) is 18.9. The summed E-state index contributed by atoms with van der Waals surface area (Å²) >= 11 is 5.02. The highest BCUT2D eigenvalue weighted by atomic mass is 79.9. The average Bonchev–Trinajstić information content (AvgIpc) is 2.87. The number of nitrogens with zero attached hydrogens (tertiary/aromatic N) is 4. The quantitative estimate of drug-likeness (QED) is 0.246. The van der Waals surface area contributed by atoms with Crippen LogP contribution in [0.15, 0.2) is 82.4 Å². The van der Waals surface area contributed by atoms with E-state index in [0.717, 1.165) is 21.4 Å². The Morgan fingerprint density at radius 2 is 1.89 bits per heavy atom. The van der Waals surface area contributed by atoms with E-state index < -0.39 is 6.17 Å². The van der Waals surface area contributed by atoms with Crippen molar-refractivity contribution in [3.8, 4) is 22.9 Å². The summed E-state index contributed by atoms with van der Waals surface area (Å²) in [5.41, 5.74) is 3.46. The number of rotatable bonds is 6. The molecule has 0 aliphatic carbocycles. The van der Waals surface area contributed by atoms with Gasteiger partial charge in [0, 0.05) is 17.6 Å². The Hall–Kier alpha value is -3.43. The van der Waals surface area contributed by atoms with Gasteiger partial charge in [0.15, 0.2) is 0 Å². The standard InChI is InChI=1S/C27H23BrN4O3S/c1-3-36-27-29-25(34)24-20-11-7-8-12-22(20)31(17(2)33)26(32(24)30-27)19-13-14-23(21(28)15-19)35-16-18-9-5-4-6-10-18/h4-15,26H,3,16H2,1-2H3. The third kappa shape index (κ3) is 4.56. The van der Waals surface area contributed by atoms with Crippen LogP contribution < -0.4 is 19.4 Å². The second-order valence-corrected chi connectivity index (χ2v) is 10.3. The van der Waals surface area contributed by atoms with Crippen molar-refractivity contribution >= 4 is 39.3 Å². The van der Waals surface area contributed by atoms with Crippen molar-refractivity contribution < 1.29 is 19.3 Å². The second-order valence-electron chi connectivity index (χ2n) is 8.17. The summed E-state index contributed by atoms with van der Waals surface area (Å²) in [6, 6.07) is 22.9. The van der Waals surface area contributed by atoms with Crippen molar-refractivity contribution in [2.45, 2.75) is 31.8 Å². The number of fused-ring (bicyclic) bond motifs is 3. The average molecular weight is 563 g/mol. The Balaban J connectivity index is 1.61. The minimum atomic E-state index is -0.668. The van der Waals surface area contributed by atoms with Crippen LogP contribution in [-0.2, 0) is 11.4 Å². The van der Waals surface area contributed by atoms with Gasteiger partial charge in [-0.1, -0.05) is 65.8 Å². The molecule has 7 nitrogen and oxygen atoms in total. The lowest BCUT2D eigenvalue weighted by Crippen LogP contribution is -2.58. The number of ether oxygens (including phenoxy) is 1. The fourth-order valence-electron chi connectivity index (χ4n) is 4.30. The molecule has 1 aliphatic rings. The monoisotopic (exact) mass is 562 g/mol. The maximum Gasteiger partial charge on any atom is 0.293 e. The molecule has 0 fully saturated rings. The lowest BCUT2D eigenvalue weighted by molar-refractivity contribution is -0.764. The second kappa shape index (κ2) is 10.3. The van der Waals surface area contributed by atoms with Gasteiger partial charge in [0.2, 0.25) is 5.91 Å². The summed E-state index contributed by atoms with van der Waals surface area (Å²) in [7, 11) is 0. The predicted molar refractivity (Wildman–Crippen MR) is 140 cm³/mol. The molecule has 1 aliphatic heterocycles. The van der Waals surface area contributed by atoms with Gasteiger partial charge in [0.25, 0.3) is 17.0 Å². The van der Waals surface area contributed by atoms with Gasteiger partial charge in [0.05, 0.1) is 21.6 Å². The highest BCUT2D eigenvalue weighted by Crippen LogP contribution is 2.41. The topological polar surface area (TPSA) is 82.3 Å². The predicted octanol–water partition coefficient (Wildman–Crippen LogP) is 4.87. The molecule has 5 rings (SSSR count). The molecule has 0 saturated heterocycles. The van der Waals surface area contributed by atoms with E-state index >= 15 is 0 Å². The minimum Gasteiger partial charge on any atom is -0.854 e. The molecule has 1 unspecified atom stereocenters. The molecular weight excluding hydrogens is 540 g/mol. The first-order valence-electron chi connectivity index (χ1n) is 11.5. The van der Waals surface area contributed by atoms with Gasteiger partial charge in [-0.3, -0.25) is 4.79 Å². The number of benzene rings is 3. The number of hydrogen-bond donors (Lipinski definition) is 0. The molecule has 1 atom stereocenters. The van der Waals surface area contributed by atoms with Gasteiger partial charge < -0.3 is 9.84 Å². The Bertz CT molecular complexity index is 1430. The number of hydrogen-bond acceptors (Lipinski definition) is 6. The van der Waals surface area contributed by atoms with Gasteiger partial charge in [-0.25, -0.2) is 9.88 Å². The minimum absolute atomic E-state index is 0.165. The van der Waals surface area contributed by atoms with E-state index in [1.807, 2.05) is 79.7 Å². The lowest BCUT2D eigenvalue weighted by Gasteiger charge is -2.33. The van der Waals surface area contributed by atoms with E-state index in [9.17, 15) is 9.90 Å². The summed E-state index contributed by atoms with van der Waals surface area (Å²) < 4.78 is 8.39. The number of thioether (sulfide) groups is 1. The molecule has 0 bridgehead atoms. The van der Waals surface area contributed by atoms with Crippen LogP contribution in [0.25, 0.3) is 11.3 Å². The van der Waals surface area contributed by atoms with Crippen LogP contribution in [0.5, 0.6) is 11.6 Å². The van der Waals surface area contributed by atoms with E-state index in [4.69, 9.17) is 9.84 Å². The molecule has 1 amide bonds. The van der Waals surface area contributed by atoms with Crippen molar-refractivity contribution in [2.75, 3.05) is 10.7 Å². The molecule has 0 saturated carbocycles. The summed E-state index contributed by atoms with van der Waals surface area (Å²) in [5.74, 6) is 0.855. The van der Waals surface area contributed by atoms with Crippen LogP contribution in [0.1, 0.15) is 31.1 Å². The fraction of sp³-hybridized carbons (Fsp3) is 0.185. The van der Waals surface area contributed by atoms with Crippen LogP contribution in [0.2, 0.25) is 0 Å². The number of anilines is 1. The molecule has 0 spiro atoms. The molecule has 0 radical (unpaired) electrons. The van der Waals surface area contributed by atoms with Gasteiger partial charge >= 0.3 is 0 Å². The lowest BCUT2D eigenvalue weighted by atomic mass is 10.0. The van der Waals surface area contributed by atoms with E-state index in [0.29, 0.717) is 34.5 Å². The smallest absolute Gasteiger partial charge is 0.293 e. The highest BCUT2D eigenvalue weighted by molar-refractivity contribution is 9.10. The molecule has 9 heteroatoms.